The van der Waals surface area contributed by atoms with Crippen LogP contribution >= 0.6 is 0 Å². The monoisotopic (exact) mass is 450 g/mol. The molecule has 2 aromatic carbocycles. The standard InChI is InChI=1S/C26H30N2O5/c1-26(2,3)33-25(29)19-6-5-7-20(12-19)28(15-22-14-27-17-32-22)21-10-11-23(30-4)24(13-21)31-16-18-8-9-18/h5-7,10-14,17-18H,8-9,15-16H2,1-4H3. The van der Waals surface area contributed by atoms with E-state index in [9.17, 15) is 4.79 Å². The van der Waals surface area contributed by atoms with Crippen LogP contribution in [0.5, 0.6) is 11.5 Å². The Morgan fingerprint density at radius 1 is 1.12 bits per heavy atom. The van der Waals surface area contributed by atoms with Crippen molar-refractivity contribution in [1.82, 2.24) is 4.98 Å². The number of carbonyl (C=O) groups excluding carboxylic acids is 1. The number of hydrogen-bond acceptors (Lipinski definition) is 7. The van der Waals surface area contributed by atoms with E-state index < -0.39 is 5.60 Å². The molecule has 33 heavy (non-hydrogen) atoms. The Bertz CT molecular complexity index is 1080. The van der Waals surface area contributed by atoms with E-state index in [4.69, 9.17) is 18.6 Å². The van der Waals surface area contributed by atoms with E-state index in [-0.39, 0.29) is 5.97 Å². The average molecular weight is 451 g/mol. The van der Waals surface area contributed by atoms with Crippen LogP contribution in [-0.4, -0.2) is 30.3 Å². The molecule has 1 heterocycles. The van der Waals surface area contributed by atoms with Crippen LogP contribution in [-0.2, 0) is 11.3 Å². The van der Waals surface area contributed by atoms with Gasteiger partial charge >= 0.3 is 5.97 Å². The van der Waals surface area contributed by atoms with Gasteiger partial charge in [-0.05, 0) is 69.9 Å². The first-order valence-corrected chi connectivity index (χ1v) is 11.1. The summed E-state index contributed by atoms with van der Waals surface area (Å²) in [6.45, 7) is 6.66. The second-order valence-corrected chi connectivity index (χ2v) is 9.20. The minimum atomic E-state index is -0.573. The lowest BCUT2D eigenvalue weighted by atomic mass is 10.1. The first-order valence-electron chi connectivity index (χ1n) is 11.1. The molecule has 7 nitrogen and oxygen atoms in total. The largest absolute Gasteiger partial charge is 0.493 e. The number of aromatic nitrogens is 1. The van der Waals surface area contributed by atoms with Crippen molar-refractivity contribution < 1.29 is 23.4 Å². The molecule has 0 spiro atoms. The molecule has 0 bridgehead atoms. The van der Waals surface area contributed by atoms with E-state index in [2.05, 4.69) is 4.98 Å². The molecule has 0 amide bonds. The van der Waals surface area contributed by atoms with E-state index in [1.807, 2.05) is 62.1 Å². The van der Waals surface area contributed by atoms with Gasteiger partial charge in [-0.1, -0.05) is 6.07 Å². The van der Waals surface area contributed by atoms with E-state index >= 15 is 0 Å². The summed E-state index contributed by atoms with van der Waals surface area (Å²) in [6, 6.07) is 13.2. The van der Waals surface area contributed by atoms with Gasteiger partial charge in [-0.3, -0.25) is 0 Å². The normalized spacial score (nSPS) is 13.5. The zero-order valence-electron chi connectivity index (χ0n) is 19.5. The summed E-state index contributed by atoms with van der Waals surface area (Å²) in [6.07, 6.45) is 5.50. The Morgan fingerprint density at radius 2 is 1.91 bits per heavy atom. The van der Waals surface area contributed by atoms with Gasteiger partial charge in [0.2, 0.25) is 0 Å². The second-order valence-electron chi connectivity index (χ2n) is 9.20. The van der Waals surface area contributed by atoms with Gasteiger partial charge < -0.3 is 23.5 Å². The molecule has 3 aromatic rings. The van der Waals surface area contributed by atoms with Crippen LogP contribution in [0.25, 0.3) is 0 Å². The fourth-order valence-corrected chi connectivity index (χ4v) is 3.38. The molecule has 0 radical (unpaired) electrons. The maximum Gasteiger partial charge on any atom is 0.338 e. The summed E-state index contributed by atoms with van der Waals surface area (Å²) in [5.74, 6) is 2.31. The third-order valence-electron chi connectivity index (χ3n) is 5.22. The fraction of sp³-hybridized carbons (Fsp3) is 0.385. The molecule has 7 heteroatoms. The summed E-state index contributed by atoms with van der Waals surface area (Å²) in [4.78, 5) is 18.8. The highest BCUT2D eigenvalue weighted by Gasteiger charge is 2.24. The SMILES string of the molecule is COc1ccc(N(Cc2cnco2)c2cccc(C(=O)OC(C)(C)C)c2)cc1OCC1CC1. The van der Waals surface area contributed by atoms with Gasteiger partial charge in [-0.2, -0.15) is 0 Å². The summed E-state index contributed by atoms with van der Waals surface area (Å²) >= 11 is 0. The molecule has 0 aliphatic heterocycles. The van der Waals surface area contributed by atoms with Crippen molar-refractivity contribution in [3.05, 3.63) is 66.4 Å². The number of rotatable bonds is 9. The van der Waals surface area contributed by atoms with Crippen molar-refractivity contribution in [3.63, 3.8) is 0 Å². The minimum Gasteiger partial charge on any atom is -0.493 e. The summed E-state index contributed by atoms with van der Waals surface area (Å²) in [5, 5.41) is 0. The maximum absolute atomic E-state index is 12.7. The molecule has 1 saturated carbocycles. The number of esters is 1. The average Bonchev–Trinajstić information content (AvgIpc) is 3.48. The second kappa shape index (κ2) is 9.57. The molecule has 0 N–H and O–H groups in total. The van der Waals surface area contributed by atoms with Gasteiger partial charge in [0.05, 0.1) is 32.0 Å². The highest BCUT2D eigenvalue weighted by molar-refractivity contribution is 5.91. The molecule has 1 aliphatic rings. The number of anilines is 2. The Balaban J connectivity index is 1.68. The highest BCUT2D eigenvalue weighted by atomic mass is 16.6. The van der Waals surface area contributed by atoms with Crippen molar-refractivity contribution in [1.29, 1.82) is 0 Å². The molecule has 4 rings (SSSR count). The molecule has 1 aromatic heterocycles. The minimum absolute atomic E-state index is 0.368. The van der Waals surface area contributed by atoms with Crippen molar-refractivity contribution >= 4 is 17.3 Å². The maximum atomic E-state index is 12.7. The number of oxazole rings is 1. The fourth-order valence-electron chi connectivity index (χ4n) is 3.38. The Kier molecular flexibility index (Phi) is 6.58. The van der Waals surface area contributed by atoms with Crippen LogP contribution in [0, 0.1) is 5.92 Å². The van der Waals surface area contributed by atoms with E-state index in [1.54, 1.807) is 19.4 Å². The van der Waals surface area contributed by atoms with E-state index in [0.717, 1.165) is 11.4 Å². The predicted molar refractivity (Wildman–Crippen MR) is 125 cm³/mol. The van der Waals surface area contributed by atoms with Crippen LogP contribution < -0.4 is 14.4 Å². The molecule has 0 unspecified atom stereocenters. The highest BCUT2D eigenvalue weighted by Crippen LogP contribution is 2.38. The first-order chi connectivity index (χ1) is 15.8. The Hall–Kier alpha value is -3.48. The van der Waals surface area contributed by atoms with Crippen molar-refractivity contribution in [3.8, 4) is 11.5 Å². The van der Waals surface area contributed by atoms with Crippen LogP contribution in [0.1, 0.15) is 49.7 Å². The van der Waals surface area contributed by atoms with Crippen molar-refractivity contribution in [2.45, 2.75) is 45.8 Å². The number of methoxy groups -OCH3 is 1. The molecular formula is C26H30N2O5. The third kappa shape index (κ3) is 6.06. The molecule has 1 fully saturated rings. The zero-order valence-corrected chi connectivity index (χ0v) is 19.5. The number of ether oxygens (including phenoxy) is 3. The first kappa shape index (κ1) is 22.7. The molecule has 174 valence electrons. The summed E-state index contributed by atoms with van der Waals surface area (Å²) in [5.41, 5.74) is 1.59. The van der Waals surface area contributed by atoms with Gasteiger partial charge in [0, 0.05) is 17.4 Å². The number of benzene rings is 2. The topological polar surface area (TPSA) is 74.0 Å². The molecule has 0 saturated heterocycles. The number of nitrogens with zero attached hydrogens (tertiary/aromatic N) is 2. The Morgan fingerprint density at radius 3 is 2.58 bits per heavy atom. The van der Waals surface area contributed by atoms with Crippen LogP contribution in [0.2, 0.25) is 0 Å². The van der Waals surface area contributed by atoms with Gasteiger partial charge in [0.25, 0.3) is 0 Å². The lowest BCUT2D eigenvalue weighted by Crippen LogP contribution is -2.24. The van der Waals surface area contributed by atoms with Crippen LogP contribution in [0.4, 0.5) is 11.4 Å². The van der Waals surface area contributed by atoms with Gasteiger partial charge in [0.15, 0.2) is 17.9 Å². The zero-order chi connectivity index (χ0) is 23.4. The van der Waals surface area contributed by atoms with E-state index in [1.165, 1.54) is 19.2 Å². The van der Waals surface area contributed by atoms with Crippen LogP contribution in [0.15, 0.2) is 59.5 Å². The molecule has 1 aliphatic carbocycles. The predicted octanol–water partition coefficient (Wildman–Crippen LogP) is 5.77. The summed E-state index contributed by atoms with van der Waals surface area (Å²) < 4.78 is 22.6. The molecular weight excluding hydrogens is 420 g/mol. The molecule has 0 atom stereocenters. The smallest absolute Gasteiger partial charge is 0.338 e. The van der Waals surface area contributed by atoms with E-state index in [0.29, 0.717) is 41.9 Å². The number of carbonyl (C=O) groups is 1. The van der Waals surface area contributed by atoms with Gasteiger partial charge in [0.1, 0.15) is 11.4 Å². The van der Waals surface area contributed by atoms with Crippen molar-refractivity contribution in [2.24, 2.45) is 5.92 Å². The summed E-state index contributed by atoms with van der Waals surface area (Å²) in [7, 11) is 1.63. The lowest BCUT2D eigenvalue weighted by molar-refractivity contribution is 0.00695. The van der Waals surface area contributed by atoms with Crippen molar-refractivity contribution in [2.75, 3.05) is 18.6 Å². The Labute approximate surface area is 194 Å². The number of hydrogen-bond donors (Lipinski definition) is 0. The quantitative estimate of drug-likeness (QED) is 0.383. The van der Waals surface area contributed by atoms with Gasteiger partial charge in [-0.15, -0.1) is 0 Å². The van der Waals surface area contributed by atoms with Crippen LogP contribution in [0.3, 0.4) is 0 Å². The van der Waals surface area contributed by atoms with Gasteiger partial charge in [-0.25, -0.2) is 9.78 Å². The third-order valence-corrected chi connectivity index (χ3v) is 5.22. The lowest BCUT2D eigenvalue weighted by Gasteiger charge is -2.26.